The van der Waals surface area contributed by atoms with Gasteiger partial charge >= 0.3 is 0 Å². The van der Waals surface area contributed by atoms with E-state index in [0.29, 0.717) is 11.5 Å². The smallest absolute Gasteiger partial charge is 0.249 e. The van der Waals surface area contributed by atoms with E-state index in [9.17, 15) is 4.79 Å². The minimum absolute atomic E-state index is 0.404. The molecule has 3 aromatic carbocycles. The molecule has 0 aliphatic rings. The lowest BCUT2D eigenvalue weighted by Gasteiger charge is -2.10. The van der Waals surface area contributed by atoms with E-state index in [4.69, 9.17) is 5.73 Å². The van der Waals surface area contributed by atoms with Crippen LogP contribution in [0.1, 0.15) is 53.7 Å². The number of amides is 1. The lowest BCUT2D eigenvalue weighted by molar-refractivity contribution is 0.100. The molecule has 0 spiro atoms. The molecule has 0 atom stereocenters. The molecule has 3 heteroatoms. The molecule has 1 radical (unpaired) electrons. The highest BCUT2D eigenvalue weighted by molar-refractivity contribution is 6.17. The molecule has 0 aliphatic heterocycles. The van der Waals surface area contributed by atoms with Gasteiger partial charge in [-0.05, 0) is 53.3 Å². The number of nitrogens with two attached hydrogens (primary N) is 1. The fourth-order valence-electron chi connectivity index (χ4n) is 3.84. The third-order valence-corrected chi connectivity index (χ3v) is 5.52. The van der Waals surface area contributed by atoms with Crippen LogP contribution in [-0.4, -0.2) is 10.5 Å². The Morgan fingerprint density at radius 2 is 1.79 bits per heavy atom. The molecule has 0 saturated carbocycles. The van der Waals surface area contributed by atoms with Crippen molar-refractivity contribution in [3.05, 3.63) is 82.9 Å². The molecule has 0 unspecified atom stereocenters. The molecule has 0 aliphatic carbocycles. The van der Waals surface area contributed by atoms with Crippen molar-refractivity contribution < 1.29 is 4.79 Å². The zero-order valence-electron chi connectivity index (χ0n) is 16.6. The molecule has 4 rings (SSSR count). The van der Waals surface area contributed by atoms with E-state index in [1.165, 1.54) is 16.7 Å². The first-order valence-corrected chi connectivity index (χ1v) is 9.83. The van der Waals surface area contributed by atoms with Gasteiger partial charge in [0.05, 0.1) is 11.0 Å². The Morgan fingerprint density at radius 1 is 1.07 bits per heavy atom. The van der Waals surface area contributed by atoms with Crippen LogP contribution < -0.4 is 5.73 Å². The number of benzene rings is 3. The topological polar surface area (TPSA) is 48.0 Å². The summed E-state index contributed by atoms with van der Waals surface area (Å²) in [6.45, 7) is 7.26. The average molecular weight is 369 g/mol. The van der Waals surface area contributed by atoms with Gasteiger partial charge in [0.25, 0.3) is 0 Å². The largest absolute Gasteiger partial charge is 0.366 e. The summed E-state index contributed by atoms with van der Waals surface area (Å²) >= 11 is 0. The molecular formula is C25H25N2O. The minimum atomic E-state index is -0.404. The standard InChI is InChI=1S/C25H25N2O/c1-4-17-8-10-18(11-9-17)15-27-22-7-5-6-21(25(26)28)24(22)20-13-12-19(16(2)3)14-23(20)27/h5-12,14,16H,4,15H2,1-3H3,(H2,26,28). The summed E-state index contributed by atoms with van der Waals surface area (Å²) in [4.78, 5) is 12.1. The van der Waals surface area contributed by atoms with E-state index in [-0.39, 0.29) is 0 Å². The van der Waals surface area contributed by atoms with Crippen molar-refractivity contribution in [3.63, 3.8) is 0 Å². The number of primary amides is 1. The third kappa shape index (κ3) is 3.07. The van der Waals surface area contributed by atoms with E-state index in [2.05, 4.69) is 67.8 Å². The summed E-state index contributed by atoms with van der Waals surface area (Å²) in [5.74, 6) is 0.00449. The Labute approximate surface area is 165 Å². The van der Waals surface area contributed by atoms with E-state index >= 15 is 0 Å². The zero-order chi connectivity index (χ0) is 19.8. The fourth-order valence-corrected chi connectivity index (χ4v) is 3.84. The quantitative estimate of drug-likeness (QED) is 0.501. The summed E-state index contributed by atoms with van der Waals surface area (Å²) in [6.07, 6.45) is 1.03. The summed E-state index contributed by atoms with van der Waals surface area (Å²) in [6, 6.07) is 22.2. The van der Waals surface area contributed by atoms with Gasteiger partial charge in [-0.2, -0.15) is 0 Å². The number of rotatable bonds is 5. The molecule has 4 aromatic rings. The highest BCUT2D eigenvalue weighted by atomic mass is 16.1. The Kier molecular flexibility index (Phi) is 4.68. The maximum Gasteiger partial charge on any atom is 0.249 e. The first kappa shape index (κ1) is 18.3. The fraction of sp³-hybridized carbons (Fsp3) is 0.240. The normalized spacial score (nSPS) is 11.6. The van der Waals surface area contributed by atoms with Crippen LogP contribution in [0.4, 0.5) is 0 Å². The number of hydrogen-bond donors (Lipinski definition) is 1. The van der Waals surface area contributed by atoms with Crippen molar-refractivity contribution in [1.29, 1.82) is 0 Å². The van der Waals surface area contributed by atoms with Gasteiger partial charge in [-0.15, -0.1) is 0 Å². The average Bonchev–Trinajstić information content (AvgIpc) is 3.01. The number of hydrogen-bond acceptors (Lipinski definition) is 1. The SMILES string of the molecule is CCc1ccc(Cn2c3cc(C(C)C)c[c]c3c3c(C(N)=O)cccc32)cc1. The molecule has 2 N–H and O–H groups in total. The third-order valence-electron chi connectivity index (χ3n) is 5.52. The molecular weight excluding hydrogens is 344 g/mol. The summed E-state index contributed by atoms with van der Waals surface area (Å²) in [7, 11) is 0. The molecule has 0 saturated heterocycles. The van der Waals surface area contributed by atoms with E-state index < -0.39 is 5.91 Å². The van der Waals surface area contributed by atoms with Crippen LogP contribution in [0.5, 0.6) is 0 Å². The van der Waals surface area contributed by atoms with Crippen LogP contribution in [0.3, 0.4) is 0 Å². The predicted octanol–water partition coefficient (Wildman–Crippen LogP) is 5.43. The monoisotopic (exact) mass is 369 g/mol. The molecule has 1 amide bonds. The van der Waals surface area contributed by atoms with Crippen LogP contribution >= 0.6 is 0 Å². The van der Waals surface area contributed by atoms with Crippen LogP contribution in [-0.2, 0) is 13.0 Å². The highest BCUT2D eigenvalue weighted by Crippen LogP contribution is 2.33. The van der Waals surface area contributed by atoms with Crippen molar-refractivity contribution in [3.8, 4) is 0 Å². The molecule has 1 aromatic heterocycles. The Hall–Kier alpha value is -3.07. The summed E-state index contributed by atoms with van der Waals surface area (Å²) in [5.41, 5.74) is 12.1. The van der Waals surface area contributed by atoms with E-state index in [1.807, 2.05) is 12.1 Å². The van der Waals surface area contributed by atoms with Crippen molar-refractivity contribution >= 4 is 27.7 Å². The van der Waals surface area contributed by atoms with E-state index in [1.54, 1.807) is 6.07 Å². The number of aromatic nitrogens is 1. The van der Waals surface area contributed by atoms with Gasteiger partial charge in [-0.25, -0.2) is 0 Å². The van der Waals surface area contributed by atoms with Gasteiger partial charge in [-0.1, -0.05) is 57.2 Å². The van der Waals surface area contributed by atoms with Gasteiger partial charge in [0, 0.05) is 22.9 Å². The number of carbonyl (C=O) groups is 1. The highest BCUT2D eigenvalue weighted by Gasteiger charge is 2.17. The number of aryl methyl sites for hydroxylation is 1. The van der Waals surface area contributed by atoms with Crippen molar-refractivity contribution in [2.45, 2.75) is 39.7 Å². The van der Waals surface area contributed by atoms with Crippen molar-refractivity contribution in [2.24, 2.45) is 5.73 Å². The molecule has 0 fully saturated rings. The van der Waals surface area contributed by atoms with Crippen molar-refractivity contribution in [1.82, 2.24) is 4.57 Å². The first-order valence-electron chi connectivity index (χ1n) is 9.83. The number of fused-ring (bicyclic) bond motifs is 3. The second-order valence-electron chi connectivity index (χ2n) is 7.67. The number of carbonyl (C=O) groups excluding carboxylic acids is 1. The summed E-state index contributed by atoms with van der Waals surface area (Å²) < 4.78 is 2.28. The number of nitrogens with zero attached hydrogens (tertiary/aromatic N) is 1. The van der Waals surface area contributed by atoms with Crippen LogP contribution in [0.15, 0.2) is 54.6 Å². The lowest BCUT2D eigenvalue weighted by Crippen LogP contribution is -2.11. The molecule has 141 valence electrons. The zero-order valence-corrected chi connectivity index (χ0v) is 16.6. The minimum Gasteiger partial charge on any atom is -0.366 e. The van der Waals surface area contributed by atoms with Gasteiger partial charge in [-0.3, -0.25) is 4.79 Å². The Balaban J connectivity index is 1.99. The second kappa shape index (κ2) is 7.16. The van der Waals surface area contributed by atoms with E-state index in [0.717, 1.165) is 34.8 Å². The first-order chi connectivity index (χ1) is 13.5. The van der Waals surface area contributed by atoms with Gasteiger partial charge < -0.3 is 10.3 Å². The lowest BCUT2D eigenvalue weighted by atomic mass is 10.00. The molecule has 1 heterocycles. The molecule has 0 bridgehead atoms. The Morgan fingerprint density at radius 3 is 2.43 bits per heavy atom. The Bertz CT molecular complexity index is 1170. The summed E-state index contributed by atoms with van der Waals surface area (Å²) in [5, 5.41) is 1.85. The molecule has 28 heavy (non-hydrogen) atoms. The molecule has 3 nitrogen and oxygen atoms in total. The second-order valence-corrected chi connectivity index (χ2v) is 7.67. The van der Waals surface area contributed by atoms with Crippen LogP contribution in [0.2, 0.25) is 0 Å². The maximum atomic E-state index is 12.1. The predicted molar refractivity (Wildman–Crippen MR) is 116 cm³/mol. The van der Waals surface area contributed by atoms with Crippen LogP contribution in [0.25, 0.3) is 21.8 Å². The van der Waals surface area contributed by atoms with Gasteiger partial charge in [0.15, 0.2) is 0 Å². The van der Waals surface area contributed by atoms with Gasteiger partial charge in [0.2, 0.25) is 5.91 Å². The van der Waals surface area contributed by atoms with Crippen molar-refractivity contribution in [2.75, 3.05) is 0 Å². The van der Waals surface area contributed by atoms with Crippen LogP contribution in [0, 0.1) is 6.07 Å². The van der Waals surface area contributed by atoms with Gasteiger partial charge in [0.1, 0.15) is 0 Å². The maximum absolute atomic E-state index is 12.1.